The molecule has 1 saturated heterocycles. The SMILES string of the molecule is O=C1CC(Cl)CN1c1ccc2c(c1)OCCCO2. The highest BCUT2D eigenvalue weighted by atomic mass is 35.5. The summed E-state index contributed by atoms with van der Waals surface area (Å²) < 4.78 is 11.2. The summed E-state index contributed by atoms with van der Waals surface area (Å²) in [5.41, 5.74) is 0.826. The lowest BCUT2D eigenvalue weighted by molar-refractivity contribution is -0.117. The predicted molar refractivity (Wildman–Crippen MR) is 68.7 cm³/mol. The molecule has 0 N–H and O–H groups in total. The minimum absolute atomic E-state index is 0.0597. The van der Waals surface area contributed by atoms with Crippen molar-refractivity contribution in [2.24, 2.45) is 0 Å². The van der Waals surface area contributed by atoms with Crippen molar-refractivity contribution in [3.63, 3.8) is 0 Å². The summed E-state index contributed by atoms with van der Waals surface area (Å²) in [6, 6.07) is 5.58. The summed E-state index contributed by atoms with van der Waals surface area (Å²) in [4.78, 5) is 13.5. The van der Waals surface area contributed by atoms with E-state index in [4.69, 9.17) is 21.1 Å². The predicted octanol–water partition coefficient (Wildman–Crippen LogP) is 2.19. The Kier molecular flexibility index (Phi) is 3.04. The van der Waals surface area contributed by atoms with Gasteiger partial charge < -0.3 is 14.4 Å². The first-order chi connectivity index (χ1) is 8.74. The molecule has 0 bridgehead atoms. The normalized spacial score (nSPS) is 23.1. The van der Waals surface area contributed by atoms with Crippen LogP contribution in [0.5, 0.6) is 11.5 Å². The number of benzene rings is 1. The first kappa shape index (κ1) is 11.7. The minimum Gasteiger partial charge on any atom is -0.490 e. The largest absolute Gasteiger partial charge is 0.490 e. The van der Waals surface area contributed by atoms with Gasteiger partial charge in [-0.25, -0.2) is 0 Å². The molecule has 0 aliphatic carbocycles. The van der Waals surface area contributed by atoms with Crippen LogP contribution in [0, 0.1) is 0 Å². The fourth-order valence-corrected chi connectivity index (χ4v) is 2.50. The number of ether oxygens (including phenoxy) is 2. The summed E-state index contributed by atoms with van der Waals surface area (Å²) in [5.74, 6) is 1.51. The lowest BCUT2D eigenvalue weighted by Crippen LogP contribution is -2.24. The molecule has 0 saturated carbocycles. The van der Waals surface area contributed by atoms with Gasteiger partial charge in [-0.1, -0.05) is 0 Å². The van der Waals surface area contributed by atoms with Gasteiger partial charge in [0.1, 0.15) is 0 Å². The molecular weight excluding hydrogens is 254 g/mol. The zero-order valence-corrected chi connectivity index (χ0v) is 10.7. The molecule has 5 heteroatoms. The Morgan fingerprint density at radius 2 is 2.00 bits per heavy atom. The first-order valence-electron chi connectivity index (χ1n) is 6.08. The van der Waals surface area contributed by atoms with Crippen LogP contribution in [0.2, 0.25) is 0 Å². The van der Waals surface area contributed by atoms with Crippen molar-refractivity contribution in [3.05, 3.63) is 18.2 Å². The second-order valence-electron chi connectivity index (χ2n) is 4.49. The van der Waals surface area contributed by atoms with Crippen LogP contribution in [-0.4, -0.2) is 31.0 Å². The maximum atomic E-state index is 11.8. The van der Waals surface area contributed by atoms with Gasteiger partial charge in [0.15, 0.2) is 11.5 Å². The summed E-state index contributed by atoms with van der Waals surface area (Å²) in [5, 5.41) is -0.103. The number of alkyl halides is 1. The number of amides is 1. The second-order valence-corrected chi connectivity index (χ2v) is 5.10. The van der Waals surface area contributed by atoms with Gasteiger partial charge in [-0.3, -0.25) is 4.79 Å². The van der Waals surface area contributed by atoms with Crippen LogP contribution >= 0.6 is 11.6 Å². The number of hydrogen-bond donors (Lipinski definition) is 0. The lowest BCUT2D eigenvalue weighted by atomic mass is 10.2. The first-order valence-corrected chi connectivity index (χ1v) is 6.52. The molecule has 96 valence electrons. The molecule has 1 amide bonds. The van der Waals surface area contributed by atoms with E-state index in [0.717, 1.165) is 17.9 Å². The van der Waals surface area contributed by atoms with E-state index >= 15 is 0 Å². The molecule has 2 aliphatic heterocycles. The summed E-state index contributed by atoms with van der Waals surface area (Å²) in [6.45, 7) is 1.86. The number of hydrogen-bond acceptors (Lipinski definition) is 3. The highest BCUT2D eigenvalue weighted by Crippen LogP contribution is 2.35. The Bertz CT molecular complexity index is 477. The van der Waals surface area contributed by atoms with E-state index in [-0.39, 0.29) is 11.3 Å². The van der Waals surface area contributed by atoms with Crippen LogP contribution in [0.4, 0.5) is 5.69 Å². The number of carbonyl (C=O) groups is 1. The topological polar surface area (TPSA) is 38.8 Å². The van der Waals surface area contributed by atoms with E-state index < -0.39 is 0 Å². The number of anilines is 1. The zero-order chi connectivity index (χ0) is 12.5. The van der Waals surface area contributed by atoms with Crippen molar-refractivity contribution in [1.82, 2.24) is 0 Å². The van der Waals surface area contributed by atoms with Crippen molar-refractivity contribution in [1.29, 1.82) is 0 Å². The average Bonchev–Trinajstić information content (AvgIpc) is 2.58. The quantitative estimate of drug-likeness (QED) is 0.732. The van der Waals surface area contributed by atoms with Crippen LogP contribution in [-0.2, 0) is 4.79 Å². The molecule has 0 spiro atoms. The summed E-state index contributed by atoms with van der Waals surface area (Å²) in [7, 11) is 0. The van der Waals surface area contributed by atoms with Crippen LogP contribution in [0.15, 0.2) is 18.2 Å². The highest BCUT2D eigenvalue weighted by molar-refractivity contribution is 6.24. The minimum atomic E-state index is -0.103. The van der Waals surface area contributed by atoms with Gasteiger partial charge in [0.25, 0.3) is 0 Å². The van der Waals surface area contributed by atoms with E-state index in [9.17, 15) is 4.79 Å². The zero-order valence-electron chi connectivity index (χ0n) is 9.89. The molecule has 18 heavy (non-hydrogen) atoms. The van der Waals surface area contributed by atoms with Crippen LogP contribution in [0.3, 0.4) is 0 Å². The third-order valence-electron chi connectivity index (χ3n) is 3.12. The van der Waals surface area contributed by atoms with Crippen molar-refractivity contribution in [2.75, 3.05) is 24.7 Å². The second kappa shape index (κ2) is 4.69. The van der Waals surface area contributed by atoms with E-state index in [2.05, 4.69) is 0 Å². The Labute approximate surface area is 110 Å². The van der Waals surface area contributed by atoms with E-state index in [1.54, 1.807) is 4.90 Å². The number of rotatable bonds is 1. The Morgan fingerprint density at radius 3 is 2.72 bits per heavy atom. The lowest BCUT2D eigenvalue weighted by Gasteiger charge is -2.17. The molecule has 1 atom stereocenters. The molecule has 0 radical (unpaired) electrons. The van der Waals surface area contributed by atoms with Gasteiger partial charge in [0, 0.05) is 31.1 Å². The third-order valence-corrected chi connectivity index (χ3v) is 3.41. The number of halogens is 1. The Hall–Kier alpha value is -1.42. The van der Waals surface area contributed by atoms with E-state index in [1.165, 1.54) is 0 Å². The van der Waals surface area contributed by atoms with Gasteiger partial charge in [-0.05, 0) is 12.1 Å². The molecule has 1 unspecified atom stereocenters. The van der Waals surface area contributed by atoms with Crippen molar-refractivity contribution < 1.29 is 14.3 Å². The molecule has 3 rings (SSSR count). The molecule has 1 aromatic carbocycles. The van der Waals surface area contributed by atoms with Crippen LogP contribution in [0.25, 0.3) is 0 Å². The Morgan fingerprint density at radius 1 is 1.22 bits per heavy atom. The standard InChI is InChI=1S/C13H14ClNO3/c14-9-6-13(16)15(8-9)10-2-3-11-12(7-10)18-5-1-4-17-11/h2-3,7,9H,1,4-6,8H2. The third kappa shape index (κ3) is 2.12. The van der Waals surface area contributed by atoms with Gasteiger partial charge in [-0.2, -0.15) is 0 Å². The molecule has 2 heterocycles. The summed E-state index contributed by atoms with van der Waals surface area (Å²) in [6.07, 6.45) is 1.27. The fraction of sp³-hybridized carbons (Fsp3) is 0.462. The van der Waals surface area contributed by atoms with Crippen molar-refractivity contribution >= 4 is 23.2 Å². The monoisotopic (exact) mass is 267 g/mol. The van der Waals surface area contributed by atoms with Crippen LogP contribution in [0.1, 0.15) is 12.8 Å². The fourth-order valence-electron chi connectivity index (χ4n) is 2.23. The van der Waals surface area contributed by atoms with Crippen LogP contribution < -0.4 is 14.4 Å². The molecule has 4 nitrogen and oxygen atoms in total. The number of nitrogens with zero attached hydrogens (tertiary/aromatic N) is 1. The van der Waals surface area contributed by atoms with E-state index in [1.807, 2.05) is 18.2 Å². The molecule has 2 aliphatic rings. The molecular formula is C13H14ClNO3. The highest BCUT2D eigenvalue weighted by Gasteiger charge is 2.29. The summed E-state index contributed by atoms with van der Waals surface area (Å²) >= 11 is 6.00. The van der Waals surface area contributed by atoms with Gasteiger partial charge in [-0.15, -0.1) is 11.6 Å². The van der Waals surface area contributed by atoms with Crippen molar-refractivity contribution in [3.8, 4) is 11.5 Å². The van der Waals surface area contributed by atoms with Gasteiger partial charge >= 0.3 is 0 Å². The molecule has 1 fully saturated rings. The number of carbonyl (C=O) groups excluding carboxylic acids is 1. The number of fused-ring (bicyclic) bond motifs is 1. The smallest absolute Gasteiger partial charge is 0.228 e. The average molecular weight is 268 g/mol. The maximum Gasteiger partial charge on any atom is 0.228 e. The van der Waals surface area contributed by atoms with Gasteiger partial charge in [0.05, 0.1) is 18.6 Å². The van der Waals surface area contributed by atoms with E-state index in [0.29, 0.717) is 31.9 Å². The van der Waals surface area contributed by atoms with Crippen molar-refractivity contribution in [2.45, 2.75) is 18.2 Å². The Balaban J connectivity index is 1.90. The molecule has 1 aromatic rings. The molecule has 0 aromatic heterocycles. The van der Waals surface area contributed by atoms with Gasteiger partial charge in [0.2, 0.25) is 5.91 Å². The maximum absolute atomic E-state index is 11.8.